The maximum atomic E-state index is 12.6. The molecule has 0 aromatic rings. The first kappa shape index (κ1) is 47.9. The van der Waals surface area contributed by atoms with Crippen molar-refractivity contribution in [2.24, 2.45) is 0 Å². The predicted molar refractivity (Wildman–Crippen MR) is 194 cm³/mol. The molecule has 308 valence electrons. The van der Waals surface area contributed by atoms with Gasteiger partial charge >= 0.3 is 17.9 Å². The van der Waals surface area contributed by atoms with Crippen LogP contribution in [0.4, 0.5) is 0 Å². The van der Waals surface area contributed by atoms with Crippen molar-refractivity contribution in [3.05, 3.63) is 0 Å². The molecule has 0 radical (unpaired) electrons. The van der Waals surface area contributed by atoms with Gasteiger partial charge in [0.15, 0.2) is 0 Å². The Balaban J connectivity index is 2.09. The third-order valence-electron chi connectivity index (χ3n) is 8.68. The summed E-state index contributed by atoms with van der Waals surface area (Å²) in [5, 5.41) is 26.3. The Bertz CT molecular complexity index is 1190. The van der Waals surface area contributed by atoms with Crippen LogP contribution in [0.15, 0.2) is 0 Å². The van der Waals surface area contributed by atoms with Crippen molar-refractivity contribution >= 4 is 47.4 Å². The number of carboxylic acid groups (broad SMARTS) is 2. The zero-order chi connectivity index (χ0) is 40.2. The van der Waals surface area contributed by atoms with Gasteiger partial charge in [0.2, 0.25) is 17.7 Å². The molecule has 0 bridgehead atoms. The van der Waals surface area contributed by atoms with Crippen LogP contribution in [0, 0.1) is 0 Å². The molecule has 17 nitrogen and oxygen atoms in total. The number of imide groups is 1. The van der Waals surface area contributed by atoms with Gasteiger partial charge in [-0.15, -0.1) is 5.06 Å². The van der Waals surface area contributed by atoms with Gasteiger partial charge in [-0.3, -0.25) is 28.8 Å². The number of carbonyl (C=O) groups is 8. The zero-order valence-electron chi connectivity index (χ0n) is 32.1. The Morgan fingerprint density at radius 1 is 0.685 bits per heavy atom. The molecule has 0 aromatic heterocycles. The van der Waals surface area contributed by atoms with Gasteiger partial charge in [0.05, 0.1) is 19.8 Å². The van der Waals surface area contributed by atoms with Crippen molar-refractivity contribution in [1.82, 2.24) is 21.0 Å². The molecular formula is C37H62N4O13. The molecule has 54 heavy (non-hydrogen) atoms. The van der Waals surface area contributed by atoms with Crippen LogP contribution >= 0.6 is 0 Å². The fourth-order valence-corrected chi connectivity index (χ4v) is 5.57. The highest BCUT2D eigenvalue weighted by Gasteiger charge is 2.33. The van der Waals surface area contributed by atoms with E-state index in [1.165, 1.54) is 46.0 Å². The van der Waals surface area contributed by atoms with Crippen molar-refractivity contribution in [1.29, 1.82) is 0 Å². The number of hydrogen-bond donors (Lipinski definition) is 5. The molecular weight excluding hydrogens is 708 g/mol. The smallest absolute Gasteiger partial charge is 0.358 e. The molecule has 1 atom stereocenters. The largest absolute Gasteiger partial charge is 0.481 e. The summed E-state index contributed by atoms with van der Waals surface area (Å²) in [6.45, 7) is 2.79. The minimum absolute atomic E-state index is 0.00879. The first-order chi connectivity index (χ1) is 25.7. The topological polar surface area (TPSA) is 244 Å². The van der Waals surface area contributed by atoms with Crippen molar-refractivity contribution < 1.29 is 62.9 Å². The van der Waals surface area contributed by atoms with Gasteiger partial charge < -0.3 is 40.5 Å². The van der Waals surface area contributed by atoms with Crippen LogP contribution < -0.4 is 16.0 Å². The lowest BCUT2D eigenvalue weighted by molar-refractivity contribution is -0.200. The quantitative estimate of drug-likeness (QED) is 0.0476. The van der Waals surface area contributed by atoms with Gasteiger partial charge in [-0.25, -0.2) is 9.59 Å². The number of hydroxylamine groups is 2. The molecule has 0 aliphatic carbocycles. The highest BCUT2D eigenvalue weighted by atomic mass is 16.7. The van der Waals surface area contributed by atoms with Crippen molar-refractivity contribution in [2.45, 2.75) is 154 Å². The molecule has 1 saturated heterocycles. The number of nitrogens with one attached hydrogen (secondary N) is 3. The second kappa shape index (κ2) is 28.3. The van der Waals surface area contributed by atoms with Gasteiger partial charge in [0.1, 0.15) is 18.2 Å². The number of carboxylic acids is 2. The summed E-state index contributed by atoms with van der Waals surface area (Å²) in [5.41, 5.74) is -1.31. The Hall–Kier alpha value is -4.12. The van der Waals surface area contributed by atoms with E-state index in [0.29, 0.717) is 11.5 Å². The molecule has 1 aliphatic heterocycles. The average Bonchev–Trinajstić information content (AvgIpc) is 3.42. The highest BCUT2D eigenvalue weighted by molar-refractivity contribution is 6.01. The third kappa shape index (κ3) is 23.5. The van der Waals surface area contributed by atoms with Gasteiger partial charge in [-0.1, -0.05) is 77.0 Å². The normalized spacial score (nSPS) is 13.4. The summed E-state index contributed by atoms with van der Waals surface area (Å²) in [4.78, 5) is 99.0. The molecule has 0 spiro atoms. The van der Waals surface area contributed by atoms with Gasteiger partial charge in [-0.2, -0.15) is 0 Å². The van der Waals surface area contributed by atoms with Crippen LogP contribution in [-0.4, -0.2) is 107 Å². The molecule has 0 aromatic carbocycles. The molecule has 1 aliphatic rings. The van der Waals surface area contributed by atoms with Gasteiger partial charge in [0, 0.05) is 38.6 Å². The number of ether oxygens (including phenoxy) is 2. The SMILES string of the molecule is CC(C)(NC(=O)CCC(NC(=O)CCCCCCCCCCCCCCCCC(=O)O)C(=O)O)C(=O)NCCOCCOCC(=O)ON1C(=O)CCC1=O. The molecule has 1 heterocycles. The first-order valence-corrected chi connectivity index (χ1v) is 19.3. The second-order valence-corrected chi connectivity index (χ2v) is 14.0. The summed E-state index contributed by atoms with van der Waals surface area (Å²) in [6.07, 6.45) is 14.9. The molecule has 1 rings (SSSR count). The number of rotatable bonds is 33. The number of hydrogen-bond acceptors (Lipinski definition) is 11. The lowest BCUT2D eigenvalue weighted by Crippen LogP contribution is -2.55. The molecule has 0 saturated carbocycles. The van der Waals surface area contributed by atoms with E-state index < -0.39 is 59.7 Å². The van der Waals surface area contributed by atoms with Crippen molar-refractivity contribution in [3.8, 4) is 0 Å². The fourth-order valence-electron chi connectivity index (χ4n) is 5.57. The number of carbonyl (C=O) groups excluding carboxylic acids is 6. The zero-order valence-corrected chi connectivity index (χ0v) is 32.1. The lowest BCUT2D eigenvalue weighted by atomic mass is 10.0. The van der Waals surface area contributed by atoms with Crippen molar-refractivity contribution in [2.75, 3.05) is 33.0 Å². The lowest BCUT2D eigenvalue weighted by Gasteiger charge is -2.25. The third-order valence-corrected chi connectivity index (χ3v) is 8.68. The van der Waals surface area contributed by atoms with E-state index in [1.54, 1.807) is 0 Å². The van der Waals surface area contributed by atoms with Crippen LogP contribution in [0.2, 0.25) is 0 Å². The Morgan fingerprint density at radius 2 is 1.19 bits per heavy atom. The molecule has 1 fully saturated rings. The summed E-state index contributed by atoms with van der Waals surface area (Å²) in [5.74, 6) is -5.48. The summed E-state index contributed by atoms with van der Waals surface area (Å²) < 4.78 is 10.4. The standard InChI is InChI=1S/C37H62N4O13/c1-37(2,36(51)38-23-24-52-25-26-53-27-34(48)54-41-31(44)21-22-32(41)45)40-30(43)20-19-28(35(49)50)39-29(42)17-15-13-11-9-7-5-3-4-6-8-10-12-14-16-18-33(46)47/h28H,3-27H2,1-2H3,(H,38,51)(H,39,42)(H,40,43)(H,46,47)(H,49,50). The van der Waals surface area contributed by atoms with E-state index in [9.17, 15) is 43.5 Å². The monoisotopic (exact) mass is 770 g/mol. The van der Waals surface area contributed by atoms with E-state index in [4.69, 9.17) is 14.6 Å². The minimum Gasteiger partial charge on any atom is -0.481 e. The van der Waals surface area contributed by atoms with E-state index in [-0.39, 0.29) is 70.8 Å². The van der Waals surface area contributed by atoms with E-state index in [2.05, 4.69) is 20.8 Å². The molecule has 1 unspecified atom stereocenters. The van der Waals surface area contributed by atoms with Crippen LogP contribution in [0.3, 0.4) is 0 Å². The Morgan fingerprint density at radius 3 is 1.70 bits per heavy atom. The predicted octanol–water partition coefficient (Wildman–Crippen LogP) is 3.31. The van der Waals surface area contributed by atoms with Crippen molar-refractivity contribution in [3.63, 3.8) is 0 Å². The number of amides is 5. The summed E-state index contributed by atoms with van der Waals surface area (Å²) in [7, 11) is 0. The Labute approximate surface area is 317 Å². The number of nitrogens with zero attached hydrogens (tertiary/aromatic N) is 1. The van der Waals surface area contributed by atoms with Crippen LogP contribution in [0.1, 0.15) is 142 Å². The van der Waals surface area contributed by atoms with Crippen LogP contribution in [0.25, 0.3) is 0 Å². The van der Waals surface area contributed by atoms with E-state index in [0.717, 1.165) is 51.4 Å². The van der Waals surface area contributed by atoms with E-state index in [1.807, 2.05) is 0 Å². The first-order valence-electron chi connectivity index (χ1n) is 19.3. The van der Waals surface area contributed by atoms with E-state index >= 15 is 0 Å². The summed E-state index contributed by atoms with van der Waals surface area (Å²) in [6, 6.07) is -1.23. The number of unbranched alkanes of at least 4 members (excludes halogenated alkanes) is 13. The highest BCUT2D eigenvalue weighted by Crippen LogP contribution is 2.15. The Kier molecular flexibility index (Phi) is 25.1. The summed E-state index contributed by atoms with van der Waals surface area (Å²) >= 11 is 0. The average molecular weight is 771 g/mol. The minimum atomic E-state index is -1.31. The van der Waals surface area contributed by atoms with Gasteiger partial charge in [0.25, 0.3) is 11.8 Å². The second-order valence-electron chi connectivity index (χ2n) is 14.0. The van der Waals surface area contributed by atoms with Crippen LogP contribution in [-0.2, 0) is 52.7 Å². The number of aliphatic carboxylic acids is 2. The van der Waals surface area contributed by atoms with Crippen LogP contribution in [0.5, 0.6) is 0 Å². The molecule has 5 amide bonds. The maximum absolute atomic E-state index is 12.6. The molecule has 5 N–H and O–H groups in total. The van der Waals surface area contributed by atoms with Gasteiger partial charge in [-0.05, 0) is 33.1 Å². The molecule has 17 heteroatoms. The fraction of sp³-hybridized carbons (Fsp3) is 0.784. The maximum Gasteiger partial charge on any atom is 0.358 e.